The van der Waals surface area contributed by atoms with Crippen molar-refractivity contribution in [2.75, 3.05) is 12.8 Å². The Morgan fingerprint density at radius 2 is 2.00 bits per heavy atom. The number of anilines is 1. The molecule has 0 unspecified atom stereocenters. The first kappa shape index (κ1) is 11.4. The fraction of sp³-hybridized carbons (Fsp3) is 0.154. The maximum Gasteiger partial charge on any atom is 0.221 e. The first-order valence-electron chi connectivity index (χ1n) is 5.18. The second kappa shape index (κ2) is 4.41. The zero-order chi connectivity index (χ0) is 12.4. The lowest BCUT2D eigenvalue weighted by atomic mass is 10.0. The number of aryl methyl sites for hydroxylation is 1. The third-order valence-electron chi connectivity index (χ3n) is 2.48. The number of ether oxygens (including phenoxy) is 1. The van der Waals surface area contributed by atoms with Crippen LogP contribution in [0.3, 0.4) is 0 Å². The van der Waals surface area contributed by atoms with Crippen LogP contribution in [0.25, 0.3) is 11.1 Å². The predicted octanol–water partition coefficient (Wildman–Crippen LogP) is 2.79. The minimum absolute atomic E-state index is 0.318. The highest BCUT2D eigenvalue weighted by atomic mass is 19.1. The van der Waals surface area contributed by atoms with E-state index in [0.29, 0.717) is 22.7 Å². The van der Waals surface area contributed by atoms with E-state index >= 15 is 0 Å². The van der Waals surface area contributed by atoms with Crippen LogP contribution in [0.5, 0.6) is 5.88 Å². The summed E-state index contributed by atoms with van der Waals surface area (Å²) in [6.07, 6.45) is 1.48. The van der Waals surface area contributed by atoms with Gasteiger partial charge >= 0.3 is 0 Å². The third kappa shape index (κ3) is 2.20. The molecule has 3 nitrogen and oxygen atoms in total. The summed E-state index contributed by atoms with van der Waals surface area (Å²) in [5.41, 5.74) is 8.11. The first-order chi connectivity index (χ1) is 8.11. The highest BCUT2D eigenvalue weighted by Crippen LogP contribution is 2.31. The van der Waals surface area contributed by atoms with E-state index < -0.39 is 0 Å². The molecule has 0 aliphatic heterocycles. The first-order valence-corrected chi connectivity index (χ1v) is 5.18. The number of pyridine rings is 1. The summed E-state index contributed by atoms with van der Waals surface area (Å²) in [7, 11) is 1.50. The Kier molecular flexibility index (Phi) is 2.95. The van der Waals surface area contributed by atoms with Crippen LogP contribution in [0.15, 0.2) is 30.5 Å². The molecule has 0 aliphatic carbocycles. The Bertz CT molecular complexity index is 555. The molecule has 2 N–H and O–H groups in total. The SMILES string of the molecule is COc1ncc(N)cc1-c1cc(C)ccc1F. The summed E-state index contributed by atoms with van der Waals surface area (Å²) in [5.74, 6) is 0.0463. The summed E-state index contributed by atoms with van der Waals surface area (Å²) < 4.78 is 18.9. The van der Waals surface area contributed by atoms with Crippen molar-refractivity contribution >= 4 is 5.69 Å². The molecule has 1 heterocycles. The number of hydrogen-bond donors (Lipinski definition) is 1. The molecule has 2 aromatic rings. The van der Waals surface area contributed by atoms with E-state index in [9.17, 15) is 4.39 Å². The maximum absolute atomic E-state index is 13.8. The number of halogens is 1. The van der Waals surface area contributed by atoms with Gasteiger partial charge in [0.2, 0.25) is 5.88 Å². The standard InChI is InChI=1S/C13H13FN2O/c1-8-3-4-12(14)10(5-8)11-6-9(15)7-16-13(11)17-2/h3-7H,15H2,1-2H3. The van der Waals surface area contributed by atoms with E-state index in [1.54, 1.807) is 18.2 Å². The fourth-order valence-electron chi connectivity index (χ4n) is 1.67. The van der Waals surface area contributed by atoms with Crippen LogP contribution in [0.4, 0.5) is 10.1 Å². The average Bonchev–Trinajstić information content (AvgIpc) is 2.32. The Morgan fingerprint density at radius 3 is 2.71 bits per heavy atom. The van der Waals surface area contributed by atoms with Crippen molar-refractivity contribution in [1.82, 2.24) is 4.98 Å². The number of nitrogens with two attached hydrogens (primary N) is 1. The third-order valence-corrected chi connectivity index (χ3v) is 2.48. The summed E-state index contributed by atoms with van der Waals surface area (Å²) in [6.45, 7) is 1.90. The minimum Gasteiger partial charge on any atom is -0.481 e. The monoisotopic (exact) mass is 232 g/mol. The van der Waals surface area contributed by atoms with E-state index in [2.05, 4.69) is 4.98 Å². The second-order valence-electron chi connectivity index (χ2n) is 3.81. The van der Waals surface area contributed by atoms with Crippen molar-refractivity contribution in [3.8, 4) is 17.0 Å². The molecule has 1 aromatic heterocycles. The zero-order valence-electron chi connectivity index (χ0n) is 9.70. The number of hydrogen-bond acceptors (Lipinski definition) is 3. The van der Waals surface area contributed by atoms with Gasteiger partial charge in [0, 0.05) is 11.1 Å². The van der Waals surface area contributed by atoms with Crippen molar-refractivity contribution in [3.05, 3.63) is 41.8 Å². The number of rotatable bonds is 2. The van der Waals surface area contributed by atoms with E-state index in [0.717, 1.165) is 5.56 Å². The maximum atomic E-state index is 13.8. The summed E-state index contributed by atoms with van der Waals surface area (Å²) >= 11 is 0. The molecule has 0 bridgehead atoms. The van der Waals surface area contributed by atoms with Gasteiger partial charge in [0.25, 0.3) is 0 Å². The normalized spacial score (nSPS) is 10.3. The molecule has 17 heavy (non-hydrogen) atoms. The molecular formula is C13H13FN2O. The van der Waals surface area contributed by atoms with E-state index in [1.165, 1.54) is 19.4 Å². The van der Waals surface area contributed by atoms with Crippen LogP contribution in [-0.4, -0.2) is 12.1 Å². The van der Waals surface area contributed by atoms with Gasteiger partial charge in [0.15, 0.2) is 0 Å². The molecule has 0 aliphatic rings. The molecule has 0 saturated heterocycles. The Hall–Kier alpha value is -2.10. The van der Waals surface area contributed by atoms with Crippen molar-refractivity contribution in [1.29, 1.82) is 0 Å². The number of benzene rings is 1. The zero-order valence-corrected chi connectivity index (χ0v) is 9.70. The summed E-state index contributed by atoms with van der Waals surface area (Å²) in [6, 6.07) is 6.54. The van der Waals surface area contributed by atoms with Crippen LogP contribution >= 0.6 is 0 Å². The van der Waals surface area contributed by atoms with Gasteiger partial charge in [-0.05, 0) is 25.1 Å². The van der Waals surface area contributed by atoms with Crippen molar-refractivity contribution in [2.24, 2.45) is 0 Å². The Balaban J connectivity index is 2.66. The predicted molar refractivity (Wildman–Crippen MR) is 65.3 cm³/mol. The molecule has 0 amide bonds. The highest BCUT2D eigenvalue weighted by molar-refractivity contribution is 5.72. The molecule has 0 spiro atoms. The van der Waals surface area contributed by atoms with Gasteiger partial charge < -0.3 is 10.5 Å². The Labute approximate surface area is 99.1 Å². The Morgan fingerprint density at radius 1 is 1.24 bits per heavy atom. The lowest BCUT2D eigenvalue weighted by Crippen LogP contribution is -1.96. The van der Waals surface area contributed by atoms with Crippen molar-refractivity contribution in [2.45, 2.75) is 6.92 Å². The number of aromatic nitrogens is 1. The topological polar surface area (TPSA) is 48.1 Å². The van der Waals surface area contributed by atoms with Gasteiger partial charge in [-0.25, -0.2) is 9.37 Å². The van der Waals surface area contributed by atoms with Crippen LogP contribution in [0, 0.1) is 12.7 Å². The van der Waals surface area contributed by atoms with E-state index in [4.69, 9.17) is 10.5 Å². The molecule has 0 radical (unpaired) electrons. The molecular weight excluding hydrogens is 219 g/mol. The molecule has 1 aromatic carbocycles. The van der Waals surface area contributed by atoms with Gasteiger partial charge in [-0.2, -0.15) is 0 Å². The number of nitrogens with zero attached hydrogens (tertiary/aromatic N) is 1. The minimum atomic E-state index is -0.318. The van der Waals surface area contributed by atoms with Gasteiger partial charge in [0.05, 0.1) is 19.0 Å². The van der Waals surface area contributed by atoms with Crippen LogP contribution in [0.2, 0.25) is 0 Å². The van der Waals surface area contributed by atoms with Gasteiger partial charge in [0.1, 0.15) is 5.82 Å². The molecule has 0 fully saturated rings. The quantitative estimate of drug-likeness (QED) is 0.866. The summed E-state index contributed by atoms with van der Waals surface area (Å²) in [4.78, 5) is 4.03. The average molecular weight is 232 g/mol. The number of methoxy groups -OCH3 is 1. The largest absolute Gasteiger partial charge is 0.481 e. The molecule has 0 saturated carbocycles. The van der Waals surface area contributed by atoms with Gasteiger partial charge in [-0.1, -0.05) is 11.6 Å². The molecule has 2 rings (SSSR count). The summed E-state index contributed by atoms with van der Waals surface area (Å²) in [5, 5.41) is 0. The van der Waals surface area contributed by atoms with Crippen molar-refractivity contribution < 1.29 is 9.13 Å². The highest BCUT2D eigenvalue weighted by Gasteiger charge is 2.12. The van der Waals surface area contributed by atoms with Gasteiger partial charge in [-0.15, -0.1) is 0 Å². The lowest BCUT2D eigenvalue weighted by Gasteiger charge is -2.09. The molecule has 88 valence electrons. The molecule has 0 atom stereocenters. The smallest absolute Gasteiger partial charge is 0.221 e. The van der Waals surface area contributed by atoms with Crippen LogP contribution in [-0.2, 0) is 0 Å². The van der Waals surface area contributed by atoms with E-state index in [1.807, 2.05) is 6.92 Å². The number of nitrogen functional groups attached to an aromatic ring is 1. The lowest BCUT2D eigenvalue weighted by molar-refractivity contribution is 0.399. The van der Waals surface area contributed by atoms with E-state index in [-0.39, 0.29) is 5.82 Å². The second-order valence-corrected chi connectivity index (χ2v) is 3.81. The molecule has 4 heteroatoms. The van der Waals surface area contributed by atoms with Gasteiger partial charge in [-0.3, -0.25) is 0 Å². The van der Waals surface area contributed by atoms with Crippen LogP contribution < -0.4 is 10.5 Å². The van der Waals surface area contributed by atoms with Crippen LogP contribution in [0.1, 0.15) is 5.56 Å². The fourth-order valence-corrected chi connectivity index (χ4v) is 1.67. The van der Waals surface area contributed by atoms with Crippen molar-refractivity contribution in [3.63, 3.8) is 0 Å².